The third-order valence-corrected chi connectivity index (χ3v) is 9.32. The number of piperidine rings is 1. The molecule has 1 saturated heterocycles. The van der Waals surface area contributed by atoms with Crippen molar-refractivity contribution < 1.29 is 9.59 Å². The summed E-state index contributed by atoms with van der Waals surface area (Å²) in [5.41, 5.74) is 6.10. The molecule has 0 bridgehead atoms. The molecule has 2 amide bonds. The zero-order valence-corrected chi connectivity index (χ0v) is 27.9. The highest BCUT2D eigenvalue weighted by Gasteiger charge is 2.25. The molecular weight excluding hydrogens is 593 g/mol. The number of aromatic nitrogens is 2. The van der Waals surface area contributed by atoms with Crippen LogP contribution in [0.1, 0.15) is 73.4 Å². The zero-order chi connectivity index (χ0) is 31.8. The van der Waals surface area contributed by atoms with Crippen LogP contribution in [0.2, 0.25) is 10.0 Å². The minimum atomic E-state index is -0.504. The van der Waals surface area contributed by atoms with E-state index in [1.54, 1.807) is 0 Å². The molecule has 44 heavy (non-hydrogen) atoms. The summed E-state index contributed by atoms with van der Waals surface area (Å²) in [4.78, 5) is 33.5. The molecule has 4 aromatic rings. The monoisotopic (exact) mass is 633 g/mol. The molecule has 2 N–H and O–H groups in total. The Labute approximate surface area is 269 Å². The molecule has 1 aliphatic heterocycles. The van der Waals surface area contributed by atoms with Crippen molar-refractivity contribution in [3.63, 3.8) is 0 Å². The lowest BCUT2D eigenvalue weighted by Crippen LogP contribution is -2.34. The second-order valence-corrected chi connectivity index (χ2v) is 13.8. The van der Waals surface area contributed by atoms with Crippen molar-refractivity contribution in [2.75, 3.05) is 23.3 Å². The molecule has 0 atom stereocenters. The second kappa shape index (κ2) is 12.8. The Kier molecular flexibility index (Phi) is 9.28. The Morgan fingerprint density at radius 2 is 1.70 bits per heavy atom. The number of nitrogens with one attached hydrogen (secondary N) is 2. The van der Waals surface area contributed by atoms with Gasteiger partial charge in [0.15, 0.2) is 0 Å². The number of hydrogen-bond donors (Lipinski definition) is 2. The summed E-state index contributed by atoms with van der Waals surface area (Å²) < 4.78 is 2.05. The number of hydrogen-bond acceptors (Lipinski definition) is 4. The zero-order valence-electron chi connectivity index (χ0n) is 26.4. The van der Waals surface area contributed by atoms with Crippen LogP contribution in [0.4, 0.5) is 11.4 Å². The Bertz CT molecular complexity index is 1700. The number of fused-ring (bicyclic) bond motifs is 1. The van der Waals surface area contributed by atoms with E-state index in [9.17, 15) is 9.59 Å². The van der Waals surface area contributed by atoms with Gasteiger partial charge in [0.2, 0.25) is 5.91 Å². The largest absolute Gasteiger partial charge is 0.371 e. The van der Waals surface area contributed by atoms with E-state index in [4.69, 9.17) is 28.2 Å². The second-order valence-electron chi connectivity index (χ2n) is 13.0. The number of halogens is 2. The highest BCUT2D eigenvalue weighted by Crippen LogP contribution is 2.34. The van der Waals surface area contributed by atoms with E-state index in [-0.39, 0.29) is 11.8 Å². The fourth-order valence-electron chi connectivity index (χ4n) is 5.51. The fourth-order valence-corrected chi connectivity index (χ4v) is 6.08. The third-order valence-electron chi connectivity index (χ3n) is 8.49. The molecule has 1 aliphatic rings. The first kappa shape index (κ1) is 31.9. The summed E-state index contributed by atoms with van der Waals surface area (Å²) >= 11 is 13.5. The number of benzene rings is 3. The van der Waals surface area contributed by atoms with Gasteiger partial charge in [-0.1, -0.05) is 74.7 Å². The van der Waals surface area contributed by atoms with E-state index in [2.05, 4.69) is 28.5 Å². The lowest BCUT2D eigenvalue weighted by molar-refractivity contribution is -0.128. The van der Waals surface area contributed by atoms with Gasteiger partial charge in [-0.3, -0.25) is 9.59 Å². The van der Waals surface area contributed by atoms with Gasteiger partial charge in [-0.25, -0.2) is 4.98 Å². The molecule has 1 fully saturated rings. The van der Waals surface area contributed by atoms with Crippen molar-refractivity contribution in [1.82, 2.24) is 14.9 Å². The summed E-state index contributed by atoms with van der Waals surface area (Å²) in [6.45, 7) is 12.0. The SMILES string of the molecule is Cc1ccc(NC(=O)c2cc3nc(Cc4c(Cl)ccc(CNC(=O)C(C)(C)C)c4Cl)n(C)c3cc2N2CCC(C)CC2)cc1. The van der Waals surface area contributed by atoms with Crippen LogP contribution in [0.5, 0.6) is 0 Å². The van der Waals surface area contributed by atoms with Gasteiger partial charge in [0.05, 0.1) is 27.3 Å². The molecular formula is C35H41Cl2N5O2. The highest BCUT2D eigenvalue weighted by atomic mass is 35.5. The lowest BCUT2D eigenvalue weighted by atomic mass is 9.95. The smallest absolute Gasteiger partial charge is 0.257 e. The quantitative estimate of drug-likeness (QED) is 0.217. The third kappa shape index (κ3) is 6.89. The van der Waals surface area contributed by atoms with Crippen LogP contribution >= 0.6 is 23.2 Å². The van der Waals surface area contributed by atoms with Crippen LogP contribution < -0.4 is 15.5 Å². The van der Waals surface area contributed by atoms with Gasteiger partial charge in [0.25, 0.3) is 5.91 Å². The van der Waals surface area contributed by atoms with E-state index < -0.39 is 5.41 Å². The molecule has 5 rings (SSSR count). The molecule has 9 heteroatoms. The standard InChI is InChI=1S/C35H41Cl2N5O2/c1-21-7-10-24(11-8-21)39-33(43)26-17-28-30(19-29(26)42-15-13-22(2)14-16-42)41(6)31(40-28)18-25-27(36)12-9-23(32(25)37)20-38-34(44)35(3,4)5/h7-12,17,19,22H,13-16,18,20H2,1-6H3,(H,38,44)(H,39,43). The number of aryl methyl sites for hydroxylation is 2. The topological polar surface area (TPSA) is 79.3 Å². The molecule has 3 aromatic carbocycles. The number of amides is 2. The first-order chi connectivity index (χ1) is 20.8. The predicted octanol–water partition coefficient (Wildman–Crippen LogP) is 7.93. The summed E-state index contributed by atoms with van der Waals surface area (Å²) in [6, 6.07) is 15.5. The number of anilines is 2. The summed E-state index contributed by atoms with van der Waals surface area (Å²) in [5, 5.41) is 7.11. The number of nitrogens with zero attached hydrogens (tertiary/aromatic N) is 3. The summed E-state index contributed by atoms with van der Waals surface area (Å²) in [7, 11) is 1.98. The summed E-state index contributed by atoms with van der Waals surface area (Å²) in [5.74, 6) is 1.22. The average Bonchev–Trinajstić information content (AvgIpc) is 3.29. The number of carbonyl (C=O) groups is 2. The van der Waals surface area contributed by atoms with Gasteiger partial charge in [0.1, 0.15) is 5.82 Å². The first-order valence-corrected chi connectivity index (χ1v) is 15.9. The van der Waals surface area contributed by atoms with Crippen molar-refractivity contribution in [3.05, 3.63) is 86.7 Å². The molecule has 0 aliphatic carbocycles. The van der Waals surface area contributed by atoms with Crippen LogP contribution in [-0.4, -0.2) is 34.5 Å². The summed E-state index contributed by atoms with van der Waals surface area (Å²) in [6.07, 6.45) is 2.56. The van der Waals surface area contributed by atoms with Gasteiger partial charge in [-0.2, -0.15) is 0 Å². The Morgan fingerprint density at radius 1 is 1.02 bits per heavy atom. The minimum absolute atomic E-state index is 0.0541. The normalized spacial score (nSPS) is 14.2. The van der Waals surface area contributed by atoms with Gasteiger partial charge in [-0.15, -0.1) is 0 Å². The first-order valence-electron chi connectivity index (χ1n) is 15.2. The van der Waals surface area contributed by atoms with Gasteiger partial charge >= 0.3 is 0 Å². The van der Waals surface area contributed by atoms with E-state index >= 15 is 0 Å². The molecule has 0 unspecified atom stereocenters. The lowest BCUT2D eigenvalue weighted by Gasteiger charge is -2.33. The van der Waals surface area contributed by atoms with Crippen LogP contribution in [0, 0.1) is 18.3 Å². The van der Waals surface area contributed by atoms with E-state index in [1.165, 1.54) is 0 Å². The van der Waals surface area contributed by atoms with Crippen LogP contribution in [-0.2, 0) is 24.8 Å². The van der Waals surface area contributed by atoms with Crippen molar-refractivity contribution in [1.29, 1.82) is 0 Å². The minimum Gasteiger partial charge on any atom is -0.371 e. The molecule has 2 heterocycles. The number of carbonyl (C=O) groups excluding carboxylic acids is 2. The highest BCUT2D eigenvalue weighted by molar-refractivity contribution is 6.36. The maximum atomic E-state index is 13.7. The maximum absolute atomic E-state index is 13.7. The molecule has 0 saturated carbocycles. The van der Waals surface area contributed by atoms with E-state index in [0.717, 1.165) is 70.9 Å². The van der Waals surface area contributed by atoms with E-state index in [0.29, 0.717) is 34.5 Å². The molecule has 0 spiro atoms. The van der Waals surface area contributed by atoms with Crippen molar-refractivity contribution in [2.45, 2.75) is 60.4 Å². The Hall–Kier alpha value is -3.55. The Morgan fingerprint density at radius 3 is 2.36 bits per heavy atom. The predicted molar refractivity (Wildman–Crippen MR) is 181 cm³/mol. The number of imidazole rings is 1. The molecule has 232 valence electrons. The number of rotatable bonds is 7. The van der Waals surface area contributed by atoms with Gasteiger partial charge in [0, 0.05) is 49.2 Å². The van der Waals surface area contributed by atoms with Crippen molar-refractivity contribution in [2.24, 2.45) is 18.4 Å². The van der Waals surface area contributed by atoms with Gasteiger partial charge in [-0.05, 0) is 67.1 Å². The Balaban J connectivity index is 1.50. The molecule has 0 radical (unpaired) electrons. The van der Waals surface area contributed by atoms with E-state index in [1.807, 2.05) is 81.8 Å². The maximum Gasteiger partial charge on any atom is 0.257 e. The van der Waals surface area contributed by atoms with Crippen molar-refractivity contribution >= 4 is 57.4 Å². The van der Waals surface area contributed by atoms with Crippen LogP contribution in [0.15, 0.2) is 48.5 Å². The van der Waals surface area contributed by atoms with Crippen LogP contribution in [0.25, 0.3) is 11.0 Å². The van der Waals surface area contributed by atoms with Gasteiger partial charge < -0.3 is 20.1 Å². The van der Waals surface area contributed by atoms with Crippen molar-refractivity contribution in [3.8, 4) is 0 Å². The molecule has 1 aromatic heterocycles. The van der Waals surface area contributed by atoms with Crippen LogP contribution in [0.3, 0.4) is 0 Å². The fraction of sp³-hybridized carbons (Fsp3) is 0.400. The molecule has 7 nitrogen and oxygen atoms in total. The average molecular weight is 635 g/mol.